The first-order chi connectivity index (χ1) is 18.2. The minimum atomic E-state index is -1.09. The monoisotopic (exact) mass is 585 g/mol. The standard InChI is InChI=1S/C28H35Cl3FN3O3/c1-35(25(36)16-28(9-3-12-34-18-28)20-5-7-24(32)23(31)15-20)26(37)38-13-10-27(8-2-11-33-17-27)19-4-6-21(29)22(30)14-19/h4-7,14-15,25,33-34,36H,2-3,8-13,16-18H2,1H3. The largest absolute Gasteiger partial charge is 0.449 e. The molecule has 2 aliphatic rings. The molecule has 38 heavy (non-hydrogen) atoms. The number of amides is 1. The Morgan fingerprint density at radius 3 is 2.21 bits per heavy atom. The van der Waals surface area contributed by atoms with E-state index < -0.39 is 23.6 Å². The number of aliphatic hydroxyl groups is 1. The number of carbonyl (C=O) groups is 1. The minimum Gasteiger partial charge on any atom is -0.449 e. The number of piperidine rings is 2. The van der Waals surface area contributed by atoms with Crippen LogP contribution < -0.4 is 10.6 Å². The Balaban J connectivity index is 1.40. The number of hydrogen-bond donors (Lipinski definition) is 3. The van der Waals surface area contributed by atoms with Gasteiger partial charge in [0.1, 0.15) is 12.0 Å². The summed E-state index contributed by atoms with van der Waals surface area (Å²) >= 11 is 18.5. The van der Waals surface area contributed by atoms with Gasteiger partial charge in [-0.15, -0.1) is 0 Å². The van der Waals surface area contributed by atoms with Gasteiger partial charge in [0.15, 0.2) is 0 Å². The molecule has 10 heteroatoms. The topological polar surface area (TPSA) is 73.8 Å². The molecule has 3 N–H and O–H groups in total. The molecule has 2 heterocycles. The zero-order valence-electron chi connectivity index (χ0n) is 21.5. The van der Waals surface area contributed by atoms with E-state index in [4.69, 9.17) is 39.5 Å². The summed E-state index contributed by atoms with van der Waals surface area (Å²) < 4.78 is 19.5. The Morgan fingerprint density at radius 1 is 1.00 bits per heavy atom. The number of rotatable bonds is 8. The molecule has 2 aromatic rings. The molecule has 3 atom stereocenters. The summed E-state index contributed by atoms with van der Waals surface area (Å²) in [7, 11) is 1.53. The van der Waals surface area contributed by atoms with Crippen molar-refractivity contribution in [2.45, 2.75) is 55.6 Å². The summed E-state index contributed by atoms with van der Waals surface area (Å²) in [5.74, 6) is -0.484. The van der Waals surface area contributed by atoms with E-state index in [1.807, 2.05) is 12.1 Å². The van der Waals surface area contributed by atoms with E-state index in [1.165, 1.54) is 18.0 Å². The first-order valence-corrected chi connectivity index (χ1v) is 14.2. The van der Waals surface area contributed by atoms with Crippen molar-refractivity contribution < 1.29 is 19.0 Å². The lowest BCUT2D eigenvalue weighted by atomic mass is 9.71. The Bertz CT molecular complexity index is 1120. The fourth-order valence-electron chi connectivity index (χ4n) is 5.77. The number of hydrogen-bond acceptors (Lipinski definition) is 5. The van der Waals surface area contributed by atoms with Crippen molar-refractivity contribution in [3.8, 4) is 0 Å². The molecule has 0 spiro atoms. The van der Waals surface area contributed by atoms with Gasteiger partial charge in [0.2, 0.25) is 0 Å². The summed E-state index contributed by atoms with van der Waals surface area (Å²) in [6.45, 7) is 3.33. The fraction of sp³-hybridized carbons (Fsp3) is 0.536. The van der Waals surface area contributed by atoms with Gasteiger partial charge in [-0.25, -0.2) is 9.18 Å². The van der Waals surface area contributed by atoms with Crippen LogP contribution in [0.4, 0.5) is 9.18 Å². The lowest BCUT2D eigenvalue weighted by molar-refractivity contribution is -0.00969. The number of nitrogens with zero attached hydrogens (tertiary/aromatic N) is 1. The fourth-order valence-corrected chi connectivity index (χ4v) is 6.25. The van der Waals surface area contributed by atoms with Gasteiger partial charge < -0.3 is 20.5 Å². The number of aliphatic hydroxyl groups excluding tert-OH is 1. The Kier molecular flexibility index (Phi) is 9.82. The van der Waals surface area contributed by atoms with E-state index in [9.17, 15) is 14.3 Å². The molecule has 0 radical (unpaired) electrons. The lowest BCUT2D eigenvalue weighted by Gasteiger charge is -2.41. The molecule has 4 rings (SSSR count). The third kappa shape index (κ3) is 6.57. The second kappa shape index (κ2) is 12.7. The van der Waals surface area contributed by atoms with Crippen molar-refractivity contribution in [2.24, 2.45) is 0 Å². The predicted molar refractivity (Wildman–Crippen MR) is 150 cm³/mol. The molecule has 0 saturated carbocycles. The van der Waals surface area contributed by atoms with Crippen LogP contribution in [0.25, 0.3) is 0 Å². The summed E-state index contributed by atoms with van der Waals surface area (Å²) in [6, 6.07) is 10.4. The van der Waals surface area contributed by atoms with Gasteiger partial charge in [0.25, 0.3) is 0 Å². The normalized spacial score (nSPS) is 24.6. The number of halogens is 4. The third-order valence-corrected chi connectivity index (χ3v) is 9.15. The highest BCUT2D eigenvalue weighted by molar-refractivity contribution is 6.42. The summed E-state index contributed by atoms with van der Waals surface area (Å²) in [4.78, 5) is 14.2. The van der Waals surface area contributed by atoms with Crippen molar-refractivity contribution in [2.75, 3.05) is 39.8 Å². The molecule has 2 fully saturated rings. The average Bonchev–Trinajstić information content (AvgIpc) is 2.92. The third-order valence-electron chi connectivity index (χ3n) is 8.12. The first kappa shape index (κ1) is 29.4. The lowest BCUT2D eigenvalue weighted by Crippen LogP contribution is -2.49. The molecule has 0 bridgehead atoms. The zero-order valence-corrected chi connectivity index (χ0v) is 23.8. The summed E-state index contributed by atoms with van der Waals surface area (Å²) in [6.07, 6.45) is 2.79. The minimum absolute atomic E-state index is 0.0443. The molecule has 208 valence electrons. The van der Waals surface area contributed by atoms with Crippen molar-refractivity contribution in [3.05, 3.63) is 68.4 Å². The molecule has 2 aromatic carbocycles. The summed E-state index contributed by atoms with van der Waals surface area (Å²) in [5, 5.41) is 19.0. The number of benzene rings is 2. The van der Waals surface area contributed by atoms with Crippen LogP contribution in [0.2, 0.25) is 15.1 Å². The van der Waals surface area contributed by atoms with Crippen molar-refractivity contribution in [3.63, 3.8) is 0 Å². The van der Waals surface area contributed by atoms with E-state index in [0.717, 1.165) is 56.4 Å². The van der Waals surface area contributed by atoms with Gasteiger partial charge in [-0.3, -0.25) is 4.90 Å². The van der Waals surface area contributed by atoms with Crippen LogP contribution in [0, 0.1) is 5.82 Å². The van der Waals surface area contributed by atoms with Crippen molar-refractivity contribution in [1.29, 1.82) is 0 Å². The van der Waals surface area contributed by atoms with Gasteiger partial charge in [0, 0.05) is 37.4 Å². The molecule has 0 aromatic heterocycles. The van der Waals surface area contributed by atoms with Crippen molar-refractivity contribution >= 4 is 40.9 Å². The second-order valence-corrected chi connectivity index (χ2v) is 11.8. The van der Waals surface area contributed by atoms with Gasteiger partial charge in [0.05, 0.1) is 21.7 Å². The van der Waals surface area contributed by atoms with E-state index in [-0.39, 0.29) is 23.5 Å². The Hall–Kier alpha value is -1.61. The molecular weight excluding hydrogens is 552 g/mol. The quantitative estimate of drug-likeness (QED) is 0.336. The van der Waals surface area contributed by atoms with Gasteiger partial charge in [-0.2, -0.15) is 0 Å². The Labute approximate surface area is 238 Å². The average molecular weight is 587 g/mol. The molecule has 0 aliphatic carbocycles. The van der Waals surface area contributed by atoms with Gasteiger partial charge in [-0.05, 0) is 80.6 Å². The van der Waals surface area contributed by atoms with Crippen LogP contribution >= 0.6 is 34.8 Å². The van der Waals surface area contributed by atoms with Crippen LogP contribution in [-0.4, -0.2) is 62.2 Å². The van der Waals surface area contributed by atoms with E-state index in [0.29, 0.717) is 23.0 Å². The van der Waals surface area contributed by atoms with Crippen LogP contribution in [0.1, 0.15) is 49.7 Å². The highest BCUT2D eigenvalue weighted by atomic mass is 35.5. The number of nitrogens with one attached hydrogen (secondary N) is 2. The highest BCUT2D eigenvalue weighted by Gasteiger charge is 2.39. The molecule has 6 nitrogen and oxygen atoms in total. The maximum Gasteiger partial charge on any atom is 0.411 e. The predicted octanol–water partition coefficient (Wildman–Crippen LogP) is 5.90. The first-order valence-electron chi connectivity index (χ1n) is 13.1. The molecular formula is C28H35Cl3FN3O3. The van der Waals surface area contributed by atoms with Crippen LogP contribution in [0.15, 0.2) is 36.4 Å². The molecule has 3 unspecified atom stereocenters. The SMILES string of the molecule is CN(C(=O)OCCC1(c2ccc(Cl)c(Cl)c2)CCCNC1)C(O)CC1(c2ccc(F)c(Cl)c2)CCCNC1. The highest BCUT2D eigenvalue weighted by Crippen LogP contribution is 2.39. The van der Waals surface area contributed by atoms with E-state index in [2.05, 4.69) is 10.6 Å². The maximum absolute atomic E-state index is 13.8. The van der Waals surface area contributed by atoms with Crippen LogP contribution in [0.5, 0.6) is 0 Å². The van der Waals surface area contributed by atoms with Crippen LogP contribution in [0.3, 0.4) is 0 Å². The van der Waals surface area contributed by atoms with E-state index in [1.54, 1.807) is 18.2 Å². The molecule has 2 aliphatic heterocycles. The van der Waals surface area contributed by atoms with Gasteiger partial charge in [-0.1, -0.05) is 46.9 Å². The summed E-state index contributed by atoms with van der Waals surface area (Å²) in [5.41, 5.74) is 1.18. The van der Waals surface area contributed by atoms with E-state index >= 15 is 0 Å². The van der Waals surface area contributed by atoms with Crippen molar-refractivity contribution in [1.82, 2.24) is 15.5 Å². The smallest absolute Gasteiger partial charge is 0.411 e. The van der Waals surface area contributed by atoms with Gasteiger partial charge >= 0.3 is 6.09 Å². The maximum atomic E-state index is 13.8. The Morgan fingerprint density at radius 2 is 1.61 bits per heavy atom. The van der Waals surface area contributed by atoms with Crippen LogP contribution in [-0.2, 0) is 15.6 Å². The molecule has 2 saturated heterocycles. The number of carbonyl (C=O) groups excluding carboxylic acids is 1. The molecule has 1 amide bonds. The number of ether oxygens (including phenoxy) is 1. The second-order valence-electron chi connectivity index (χ2n) is 10.5. The zero-order chi connectivity index (χ0) is 27.3.